The molecule has 0 fully saturated rings. The predicted molar refractivity (Wildman–Crippen MR) is 78.6 cm³/mol. The Hall–Kier alpha value is -1.71. The fourth-order valence-electron chi connectivity index (χ4n) is 3.05. The molecule has 0 aliphatic heterocycles. The van der Waals surface area contributed by atoms with Crippen molar-refractivity contribution in [2.45, 2.75) is 25.0 Å². The molecule has 3 rings (SSSR count). The summed E-state index contributed by atoms with van der Waals surface area (Å²) >= 11 is 0. The maximum absolute atomic E-state index is 12.9. The lowest BCUT2D eigenvalue weighted by Gasteiger charge is -2.25. The van der Waals surface area contributed by atoms with Gasteiger partial charge in [0.1, 0.15) is 5.82 Å². The van der Waals surface area contributed by atoms with Gasteiger partial charge < -0.3 is 5.73 Å². The van der Waals surface area contributed by atoms with E-state index in [1.54, 1.807) is 0 Å². The molecule has 0 heterocycles. The molecule has 20 heavy (non-hydrogen) atoms. The van der Waals surface area contributed by atoms with Crippen molar-refractivity contribution in [3.8, 4) is 0 Å². The number of fused-ring (bicyclic) bond motifs is 1. The summed E-state index contributed by atoms with van der Waals surface area (Å²) in [5, 5.41) is 0. The second-order valence-corrected chi connectivity index (χ2v) is 5.53. The zero-order valence-corrected chi connectivity index (χ0v) is 11.6. The number of rotatable bonds is 3. The van der Waals surface area contributed by atoms with Crippen molar-refractivity contribution in [1.29, 1.82) is 0 Å². The van der Waals surface area contributed by atoms with Crippen LogP contribution < -0.4 is 5.73 Å². The molecule has 0 spiro atoms. The van der Waals surface area contributed by atoms with Crippen molar-refractivity contribution in [2.24, 2.45) is 5.73 Å². The zero-order valence-electron chi connectivity index (χ0n) is 11.6. The van der Waals surface area contributed by atoms with E-state index in [0.717, 1.165) is 18.5 Å². The first-order valence-electron chi connectivity index (χ1n) is 6.94. The molecule has 0 saturated heterocycles. The summed E-state index contributed by atoms with van der Waals surface area (Å²) in [6.45, 7) is 0.798. The van der Waals surface area contributed by atoms with Crippen molar-refractivity contribution in [3.63, 3.8) is 0 Å². The Kier molecular flexibility index (Phi) is 3.55. The van der Waals surface area contributed by atoms with E-state index in [4.69, 9.17) is 5.73 Å². The van der Waals surface area contributed by atoms with Crippen LogP contribution in [0, 0.1) is 5.82 Å². The van der Waals surface area contributed by atoms with Gasteiger partial charge in [-0.2, -0.15) is 0 Å². The quantitative estimate of drug-likeness (QED) is 0.926. The average Bonchev–Trinajstić information content (AvgIpc) is 2.79. The van der Waals surface area contributed by atoms with Gasteiger partial charge in [0.2, 0.25) is 0 Å². The van der Waals surface area contributed by atoms with Crippen molar-refractivity contribution >= 4 is 0 Å². The number of benzene rings is 2. The van der Waals surface area contributed by atoms with Crippen molar-refractivity contribution < 1.29 is 4.39 Å². The molecule has 0 saturated carbocycles. The Balaban J connectivity index is 1.78. The van der Waals surface area contributed by atoms with E-state index in [1.165, 1.54) is 23.3 Å². The zero-order chi connectivity index (χ0) is 14.1. The van der Waals surface area contributed by atoms with Gasteiger partial charge in [0, 0.05) is 18.6 Å². The van der Waals surface area contributed by atoms with Gasteiger partial charge in [0.25, 0.3) is 0 Å². The molecule has 0 radical (unpaired) electrons. The highest BCUT2D eigenvalue weighted by Gasteiger charge is 2.30. The minimum atomic E-state index is -0.190. The monoisotopic (exact) mass is 270 g/mol. The fourth-order valence-corrected chi connectivity index (χ4v) is 3.05. The third-order valence-electron chi connectivity index (χ3n) is 4.11. The van der Waals surface area contributed by atoms with Crippen LogP contribution in [0.4, 0.5) is 4.39 Å². The Bertz CT molecular complexity index is 594. The molecular weight excluding hydrogens is 251 g/mol. The van der Waals surface area contributed by atoms with Crippen LogP contribution in [-0.2, 0) is 6.54 Å². The van der Waals surface area contributed by atoms with E-state index < -0.39 is 0 Å². The second-order valence-electron chi connectivity index (χ2n) is 5.53. The normalized spacial score (nSPS) is 21.2. The standard InChI is InChI=1S/C17H19FN2/c1-20(11-12-6-8-13(18)9-7-12)17-10-16(19)14-4-2-3-5-15(14)17/h2-9,16-17H,10-11,19H2,1H3. The first kappa shape index (κ1) is 13.3. The van der Waals surface area contributed by atoms with Gasteiger partial charge >= 0.3 is 0 Å². The molecule has 0 bridgehead atoms. The van der Waals surface area contributed by atoms with Crippen molar-refractivity contribution in [1.82, 2.24) is 4.90 Å². The van der Waals surface area contributed by atoms with Crippen LogP contribution in [0.1, 0.15) is 35.2 Å². The molecule has 1 aliphatic rings. The minimum absolute atomic E-state index is 0.117. The molecule has 2 unspecified atom stereocenters. The van der Waals surface area contributed by atoms with Gasteiger partial charge in [0.15, 0.2) is 0 Å². The van der Waals surface area contributed by atoms with Crippen LogP contribution in [-0.4, -0.2) is 11.9 Å². The van der Waals surface area contributed by atoms with Crippen LogP contribution in [0.25, 0.3) is 0 Å². The molecule has 2 nitrogen and oxygen atoms in total. The minimum Gasteiger partial charge on any atom is -0.324 e. The first-order valence-corrected chi connectivity index (χ1v) is 6.94. The number of hydrogen-bond acceptors (Lipinski definition) is 2. The molecule has 3 heteroatoms. The Morgan fingerprint density at radius 3 is 2.45 bits per heavy atom. The summed E-state index contributed by atoms with van der Waals surface area (Å²) < 4.78 is 12.9. The maximum atomic E-state index is 12.9. The van der Waals surface area contributed by atoms with Crippen LogP contribution in [0.15, 0.2) is 48.5 Å². The molecule has 2 atom stereocenters. The SMILES string of the molecule is CN(Cc1ccc(F)cc1)C1CC(N)c2ccccc21. The third kappa shape index (κ3) is 2.47. The van der Waals surface area contributed by atoms with Crippen LogP contribution in [0.5, 0.6) is 0 Å². The van der Waals surface area contributed by atoms with E-state index in [2.05, 4.69) is 30.1 Å². The highest BCUT2D eigenvalue weighted by Crippen LogP contribution is 2.40. The van der Waals surface area contributed by atoms with E-state index >= 15 is 0 Å². The summed E-state index contributed by atoms with van der Waals surface area (Å²) in [5.74, 6) is -0.190. The van der Waals surface area contributed by atoms with E-state index in [9.17, 15) is 4.39 Å². The van der Waals surface area contributed by atoms with Crippen LogP contribution in [0.2, 0.25) is 0 Å². The third-order valence-corrected chi connectivity index (χ3v) is 4.11. The molecule has 104 valence electrons. The van der Waals surface area contributed by atoms with E-state index in [1.807, 2.05) is 18.2 Å². The summed E-state index contributed by atoms with van der Waals surface area (Å²) in [6, 6.07) is 15.5. The molecule has 2 aromatic carbocycles. The smallest absolute Gasteiger partial charge is 0.123 e. The van der Waals surface area contributed by atoms with Crippen molar-refractivity contribution in [3.05, 3.63) is 71.0 Å². The Morgan fingerprint density at radius 2 is 1.75 bits per heavy atom. The van der Waals surface area contributed by atoms with E-state index in [-0.39, 0.29) is 11.9 Å². The lowest BCUT2D eigenvalue weighted by molar-refractivity contribution is 0.229. The van der Waals surface area contributed by atoms with Crippen molar-refractivity contribution in [2.75, 3.05) is 7.05 Å². The highest BCUT2D eigenvalue weighted by atomic mass is 19.1. The lowest BCUT2D eigenvalue weighted by Crippen LogP contribution is -2.23. The summed E-state index contributed by atoms with van der Waals surface area (Å²) in [4.78, 5) is 2.29. The van der Waals surface area contributed by atoms with E-state index in [0.29, 0.717) is 6.04 Å². The second kappa shape index (κ2) is 5.35. The molecule has 0 amide bonds. The fraction of sp³-hybridized carbons (Fsp3) is 0.294. The lowest BCUT2D eigenvalue weighted by atomic mass is 10.1. The molecule has 2 aromatic rings. The number of halogens is 1. The topological polar surface area (TPSA) is 29.3 Å². The largest absolute Gasteiger partial charge is 0.324 e. The molecule has 0 aromatic heterocycles. The first-order chi connectivity index (χ1) is 9.65. The van der Waals surface area contributed by atoms with Gasteiger partial charge in [-0.15, -0.1) is 0 Å². The van der Waals surface area contributed by atoms with Gasteiger partial charge in [-0.1, -0.05) is 36.4 Å². The summed E-state index contributed by atoms with van der Waals surface area (Å²) in [5.41, 5.74) is 9.91. The van der Waals surface area contributed by atoms with Gasteiger partial charge in [0.05, 0.1) is 0 Å². The van der Waals surface area contributed by atoms with Crippen LogP contribution >= 0.6 is 0 Å². The van der Waals surface area contributed by atoms with Gasteiger partial charge in [-0.05, 0) is 42.3 Å². The Morgan fingerprint density at radius 1 is 1.10 bits per heavy atom. The predicted octanol–water partition coefficient (Wildman–Crippen LogP) is 3.40. The molecule has 1 aliphatic carbocycles. The van der Waals surface area contributed by atoms with Crippen LogP contribution in [0.3, 0.4) is 0 Å². The molecular formula is C17H19FN2. The number of hydrogen-bond donors (Lipinski definition) is 1. The Labute approximate surface area is 119 Å². The van der Waals surface area contributed by atoms with Gasteiger partial charge in [-0.25, -0.2) is 4.39 Å². The molecule has 2 N–H and O–H groups in total. The van der Waals surface area contributed by atoms with Gasteiger partial charge in [-0.3, -0.25) is 4.90 Å². The maximum Gasteiger partial charge on any atom is 0.123 e. The average molecular weight is 270 g/mol. The summed E-state index contributed by atoms with van der Waals surface area (Å²) in [6.07, 6.45) is 0.942. The highest BCUT2D eigenvalue weighted by molar-refractivity contribution is 5.37. The number of nitrogens with zero attached hydrogens (tertiary/aromatic N) is 1. The number of nitrogens with two attached hydrogens (primary N) is 1. The summed E-state index contributed by atoms with van der Waals surface area (Å²) in [7, 11) is 2.10.